The van der Waals surface area contributed by atoms with Gasteiger partial charge in [-0.1, -0.05) is 43.0 Å². The van der Waals surface area contributed by atoms with Crippen LogP contribution in [0.1, 0.15) is 18.1 Å². The molecule has 4 heteroatoms. The Morgan fingerprint density at radius 3 is 2.25 bits per heavy atom. The number of hydrogen-bond acceptors (Lipinski definition) is 2. The molecule has 0 heterocycles. The first kappa shape index (κ1) is 14.9. The van der Waals surface area contributed by atoms with E-state index in [1.54, 1.807) is 12.1 Å². The van der Waals surface area contributed by atoms with E-state index < -0.39 is 5.76 Å². The molecule has 2 rings (SSSR count). The zero-order valence-electron chi connectivity index (χ0n) is 11.3. The Morgan fingerprint density at radius 2 is 1.65 bits per heavy atom. The molecule has 0 saturated heterocycles. The van der Waals surface area contributed by atoms with Crippen LogP contribution in [0.3, 0.4) is 0 Å². The molecule has 0 aliphatic rings. The molecule has 20 heavy (non-hydrogen) atoms. The van der Waals surface area contributed by atoms with Crippen molar-refractivity contribution in [2.45, 2.75) is 30.5 Å². The topological polar surface area (TPSA) is 12.0 Å². The molecule has 0 bridgehead atoms. The van der Waals surface area contributed by atoms with Gasteiger partial charge in [-0.05, 0) is 41.8 Å². The molecule has 1 N–H and O–H groups in total. The van der Waals surface area contributed by atoms with Gasteiger partial charge in [-0.15, -0.1) is 0 Å². The van der Waals surface area contributed by atoms with Crippen molar-refractivity contribution in [2.24, 2.45) is 0 Å². The molecular formula is C16H17F2NS. The summed E-state index contributed by atoms with van der Waals surface area (Å²) >= 11 is 0.567. The summed E-state index contributed by atoms with van der Waals surface area (Å²) in [4.78, 5) is 0.583. The molecule has 2 aromatic rings. The maximum Gasteiger partial charge on any atom is 0.288 e. The van der Waals surface area contributed by atoms with Gasteiger partial charge in [0, 0.05) is 17.1 Å². The molecule has 106 valence electrons. The van der Waals surface area contributed by atoms with E-state index in [-0.39, 0.29) is 0 Å². The highest BCUT2D eigenvalue weighted by atomic mass is 32.2. The molecule has 1 nitrogen and oxygen atoms in total. The molecule has 0 radical (unpaired) electrons. The van der Waals surface area contributed by atoms with Crippen LogP contribution in [0.15, 0.2) is 53.4 Å². The number of halogens is 2. The SMILES string of the molecule is CCc1ccccc1CNc1ccc(SC(F)F)cc1. The average Bonchev–Trinajstić information content (AvgIpc) is 2.46. The number of benzene rings is 2. The van der Waals surface area contributed by atoms with E-state index in [0.717, 1.165) is 18.7 Å². The molecule has 0 fully saturated rings. The third-order valence-corrected chi connectivity index (χ3v) is 3.78. The number of rotatable bonds is 6. The summed E-state index contributed by atoms with van der Waals surface area (Å²) in [6.07, 6.45) is 1.00. The average molecular weight is 293 g/mol. The maximum atomic E-state index is 12.2. The highest BCUT2D eigenvalue weighted by Gasteiger charge is 2.05. The van der Waals surface area contributed by atoms with E-state index in [1.165, 1.54) is 11.1 Å². The van der Waals surface area contributed by atoms with Crippen LogP contribution in [0, 0.1) is 0 Å². The lowest BCUT2D eigenvalue weighted by Gasteiger charge is -2.10. The molecule has 0 saturated carbocycles. The smallest absolute Gasteiger partial charge is 0.288 e. The Kier molecular flexibility index (Phi) is 5.41. The Morgan fingerprint density at radius 1 is 1.00 bits per heavy atom. The third-order valence-electron chi connectivity index (χ3n) is 3.06. The van der Waals surface area contributed by atoms with Crippen molar-refractivity contribution in [3.63, 3.8) is 0 Å². The van der Waals surface area contributed by atoms with Crippen LogP contribution in [0.2, 0.25) is 0 Å². The summed E-state index contributed by atoms with van der Waals surface area (Å²) in [7, 11) is 0. The highest BCUT2D eigenvalue weighted by Crippen LogP contribution is 2.26. The van der Waals surface area contributed by atoms with Gasteiger partial charge in [0.15, 0.2) is 0 Å². The third kappa shape index (κ3) is 4.23. The minimum absolute atomic E-state index is 0.567. The van der Waals surface area contributed by atoms with Gasteiger partial charge >= 0.3 is 0 Å². The van der Waals surface area contributed by atoms with Gasteiger partial charge in [0.05, 0.1) is 0 Å². The number of thioether (sulfide) groups is 1. The second-order valence-corrected chi connectivity index (χ2v) is 5.44. The summed E-state index contributed by atoms with van der Waals surface area (Å²) in [6.45, 7) is 2.88. The van der Waals surface area contributed by atoms with Crippen LogP contribution >= 0.6 is 11.8 Å². The second kappa shape index (κ2) is 7.29. The Hall–Kier alpha value is -1.55. The van der Waals surface area contributed by atoms with Crippen molar-refractivity contribution in [1.29, 1.82) is 0 Å². The number of alkyl halides is 2. The molecule has 0 spiro atoms. The summed E-state index contributed by atoms with van der Waals surface area (Å²) in [6, 6.07) is 15.4. The van der Waals surface area contributed by atoms with E-state index in [0.29, 0.717) is 16.7 Å². The van der Waals surface area contributed by atoms with Crippen LogP contribution in [-0.4, -0.2) is 5.76 Å². The molecule has 0 aliphatic carbocycles. The Bertz CT molecular complexity index is 540. The van der Waals surface area contributed by atoms with E-state index in [2.05, 4.69) is 24.4 Å². The first-order valence-electron chi connectivity index (χ1n) is 6.54. The first-order valence-corrected chi connectivity index (χ1v) is 7.42. The fraction of sp³-hybridized carbons (Fsp3) is 0.250. The fourth-order valence-corrected chi connectivity index (χ4v) is 2.53. The van der Waals surface area contributed by atoms with Crippen molar-refractivity contribution in [1.82, 2.24) is 0 Å². The second-order valence-electron chi connectivity index (χ2n) is 4.38. The molecule has 0 atom stereocenters. The normalized spacial score (nSPS) is 10.8. The largest absolute Gasteiger partial charge is 0.381 e. The molecule has 0 amide bonds. The summed E-state index contributed by atoms with van der Waals surface area (Å²) < 4.78 is 24.4. The van der Waals surface area contributed by atoms with Gasteiger partial charge < -0.3 is 5.32 Å². The molecule has 0 aromatic heterocycles. The van der Waals surface area contributed by atoms with Crippen molar-refractivity contribution >= 4 is 17.4 Å². The Labute approximate surface area is 122 Å². The van der Waals surface area contributed by atoms with E-state index in [4.69, 9.17) is 0 Å². The van der Waals surface area contributed by atoms with Crippen LogP contribution in [0.25, 0.3) is 0 Å². The summed E-state index contributed by atoms with van der Waals surface area (Å²) in [5, 5.41) is 3.32. The minimum Gasteiger partial charge on any atom is -0.381 e. The zero-order chi connectivity index (χ0) is 14.4. The number of anilines is 1. The van der Waals surface area contributed by atoms with Crippen LogP contribution in [0.4, 0.5) is 14.5 Å². The lowest BCUT2D eigenvalue weighted by Crippen LogP contribution is -2.02. The van der Waals surface area contributed by atoms with Gasteiger partial charge in [-0.25, -0.2) is 0 Å². The minimum atomic E-state index is -2.37. The first-order chi connectivity index (χ1) is 9.69. The van der Waals surface area contributed by atoms with Gasteiger partial charge in [-0.3, -0.25) is 0 Å². The van der Waals surface area contributed by atoms with Gasteiger partial charge in [-0.2, -0.15) is 8.78 Å². The molecule has 2 aromatic carbocycles. The van der Waals surface area contributed by atoms with Crippen molar-refractivity contribution in [3.8, 4) is 0 Å². The van der Waals surface area contributed by atoms with Crippen molar-refractivity contribution < 1.29 is 8.78 Å². The number of aryl methyl sites for hydroxylation is 1. The van der Waals surface area contributed by atoms with Gasteiger partial charge in [0.25, 0.3) is 5.76 Å². The predicted octanol–water partition coefficient (Wildman–Crippen LogP) is 5.18. The molecule has 0 unspecified atom stereocenters. The van der Waals surface area contributed by atoms with Gasteiger partial charge in [0.1, 0.15) is 0 Å². The predicted molar refractivity (Wildman–Crippen MR) is 81.4 cm³/mol. The van der Waals surface area contributed by atoms with Crippen molar-refractivity contribution in [3.05, 3.63) is 59.7 Å². The lowest BCUT2D eigenvalue weighted by molar-refractivity contribution is 0.252. The number of nitrogens with one attached hydrogen (secondary N) is 1. The summed E-state index contributed by atoms with van der Waals surface area (Å²) in [5.41, 5.74) is 3.53. The highest BCUT2D eigenvalue weighted by molar-refractivity contribution is 7.99. The summed E-state index contributed by atoms with van der Waals surface area (Å²) in [5.74, 6) is -2.37. The zero-order valence-corrected chi connectivity index (χ0v) is 12.1. The maximum absolute atomic E-state index is 12.2. The van der Waals surface area contributed by atoms with Crippen LogP contribution in [0.5, 0.6) is 0 Å². The quantitative estimate of drug-likeness (QED) is 0.737. The van der Waals surface area contributed by atoms with Crippen molar-refractivity contribution in [2.75, 3.05) is 5.32 Å². The van der Waals surface area contributed by atoms with Crippen LogP contribution < -0.4 is 5.32 Å². The van der Waals surface area contributed by atoms with E-state index >= 15 is 0 Å². The molecular weight excluding hydrogens is 276 g/mol. The monoisotopic (exact) mass is 293 g/mol. The van der Waals surface area contributed by atoms with E-state index in [1.807, 2.05) is 24.3 Å². The van der Waals surface area contributed by atoms with E-state index in [9.17, 15) is 8.78 Å². The standard InChI is InChI=1S/C16H17F2NS/c1-2-12-5-3-4-6-13(12)11-19-14-7-9-15(10-8-14)20-16(17)18/h3-10,16,19H,2,11H2,1H3. The Balaban J connectivity index is 1.97. The fourth-order valence-electron chi connectivity index (χ4n) is 2.03. The van der Waals surface area contributed by atoms with Crippen LogP contribution in [-0.2, 0) is 13.0 Å². The number of hydrogen-bond donors (Lipinski definition) is 1. The van der Waals surface area contributed by atoms with Gasteiger partial charge in [0.2, 0.25) is 0 Å². The molecule has 0 aliphatic heterocycles. The lowest BCUT2D eigenvalue weighted by atomic mass is 10.1.